The summed E-state index contributed by atoms with van der Waals surface area (Å²) < 4.78 is 19.0. The zero-order valence-electron chi connectivity index (χ0n) is 10.4. The van der Waals surface area contributed by atoms with E-state index < -0.39 is 5.72 Å². The van der Waals surface area contributed by atoms with E-state index in [1.165, 1.54) is 12.1 Å². The van der Waals surface area contributed by atoms with Gasteiger partial charge in [-0.05, 0) is 19.1 Å². The van der Waals surface area contributed by atoms with E-state index in [4.69, 9.17) is 4.74 Å². The lowest BCUT2D eigenvalue weighted by Crippen LogP contribution is -2.53. The molecule has 1 heterocycles. The molecule has 17 heavy (non-hydrogen) atoms. The standard InChI is InChI=1S/C13H18FNO.ClH/c1-12(2)8-15-13(3,16-9-12)10-5-4-6-11(14)7-10;/h4-7,15H,8-9H2,1-3H3;1H. The Labute approximate surface area is 108 Å². The van der Waals surface area contributed by atoms with Crippen LogP contribution in [0, 0.1) is 11.2 Å². The zero-order chi connectivity index (χ0) is 11.8. The SMILES string of the molecule is CC1(C)CNC(C)(c2cccc(F)c2)OC1.Cl. The van der Waals surface area contributed by atoms with E-state index in [9.17, 15) is 4.39 Å². The molecule has 0 radical (unpaired) electrons. The van der Waals surface area contributed by atoms with Gasteiger partial charge in [0.15, 0.2) is 0 Å². The monoisotopic (exact) mass is 259 g/mol. The zero-order valence-corrected chi connectivity index (χ0v) is 11.2. The van der Waals surface area contributed by atoms with E-state index in [0.717, 1.165) is 12.1 Å². The van der Waals surface area contributed by atoms with Crippen LogP contribution in [-0.4, -0.2) is 13.2 Å². The number of halogens is 2. The lowest BCUT2D eigenvalue weighted by Gasteiger charge is -2.42. The van der Waals surface area contributed by atoms with Gasteiger partial charge < -0.3 is 4.74 Å². The molecule has 2 nitrogen and oxygen atoms in total. The van der Waals surface area contributed by atoms with Gasteiger partial charge in [-0.2, -0.15) is 0 Å². The average molecular weight is 260 g/mol. The molecular weight excluding hydrogens is 241 g/mol. The van der Waals surface area contributed by atoms with Crippen molar-refractivity contribution in [2.75, 3.05) is 13.2 Å². The van der Waals surface area contributed by atoms with Crippen LogP contribution in [0.4, 0.5) is 4.39 Å². The van der Waals surface area contributed by atoms with E-state index in [0.29, 0.717) is 6.61 Å². The Kier molecular flexibility index (Phi) is 4.18. The molecule has 4 heteroatoms. The number of nitrogens with one attached hydrogen (secondary N) is 1. The van der Waals surface area contributed by atoms with Crippen LogP contribution >= 0.6 is 12.4 Å². The number of ether oxygens (including phenoxy) is 1. The van der Waals surface area contributed by atoms with Crippen molar-refractivity contribution in [1.29, 1.82) is 0 Å². The normalized spacial score (nSPS) is 27.3. The van der Waals surface area contributed by atoms with Crippen LogP contribution in [0.5, 0.6) is 0 Å². The minimum atomic E-state index is -0.572. The fourth-order valence-corrected chi connectivity index (χ4v) is 1.82. The number of hydrogen-bond acceptors (Lipinski definition) is 2. The highest BCUT2D eigenvalue weighted by molar-refractivity contribution is 5.85. The van der Waals surface area contributed by atoms with Crippen molar-refractivity contribution in [1.82, 2.24) is 5.32 Å². The smallest absolute Gasteiger partial charge is 0.142 e. The summed E-state index contributed by atoms with van der Waals surface area (Å²) in [5.41, 5.74) is 0.396. The lowest BCUT2D eigenvalue weighted by atomic mass is 9.90. The summed E-state index contributed by atoms with van der Waals surface area (Å²) in [6.45, 7) is 7.76. The first-order valence-electron chi connectivity index (χ1n) is 5.56. The number of rotatable bonds is 1. The predicted molar refractivity (Wildman–Crippen MR) is 68.7 cm³/mol. The highest BCUT2D eigenvalue weighted by Crippen LogP contribution is 2.31. The van der Waals surface area contributed by atoms with Crippen LogP contribution in [0.25, 0.3) is 0 Å². The van der Waals surface area contributed by atoms with Gasteiger partial charge >= 0.3 is 0 Å². The molecule has 1 aliphatic rings. The quantitative estimate of drug-likeness (QED) is 0.837. The van der Waals surface area contributed by atoms with Crippen molar-refractivity contribution in [3.8, 4) is 0 Å². The van der Waals surface area contributed by atoms with Crippen molar-refractivity contribution in [2.45, 2.75) is 26.5 Å². The van der Waals surface area contributed by atoms with E-state index in [1.54, 1.807) is 6.07 Å². The molecule has 1 N–H and O–H groups in total. The van der Waals surface area contributed by atoms with Gasteiger partial charge in [-0.3, -0.25) is 5.32 Å². The Morgan fingerprint density at radius 3 is 2.53 bits per heavy atom. The summed E-state index contributed by atoms with van der Waals surface area (Å²) in [6.07, 6.45) is 0. The van der Waals surface area contributed by atoms with Crippen LogP contribution in [0.3, 0.4) is 0 Å². The van der Waals surface area contributed by atoms with Gasteiger partial charge in [0.05, 0.1) is 6.61 Å². The number of benzene rings is 1. The Morgan fingerprint density at radius 2 is 2.00 bits per heavy atom. The molecule has 1 aromatic carbocycles. The molecule has 0 amide bonds. The molecule has 1 atom stereocenters. The third-order valence-electron chi connectivity index (χ3n) is 3.03. The largest absolute Gasteiger partial charge is 0.356 e. The highest BCUT2D eigenvalue weighted by Gasteiger charge is 2.36. The summed E-state index contributed by atoms with van der Waals surface area (Å²) in [7, 11) is 0. The predicted octanol–water partition coefficient (Wildman–Crippen LogP) is 3.07. The average Bonchev–Trinajstić information content (AvgIpc) is 2.23. The van der Waals surface area contributed by atoms with E-state index in [-0.39, 0.29) is 23.6 Å². The molecule has 96 valence electrons. The maximum atomic E-state index is 13.2. The first kappa shape index (κ1) is 14.4. The van der Waals surface area contributed by atoms with Gasteiger partial charge in [-0.15, -0.1) is 12.4 Å². The maximum Gasteiger partial charge on any atom is 0.142 e. The number of hydrogen-bond donors (Lipinski definition) is 1. The molecule has 0 spiro atoms. The van der Waals surface area contributed by atoms with Crippen molar-refractivity contribution in [2.24, 2.45) is 5.41 Å². The molecule has 0 aromatic heterocycles. The van der Waals surface area contributed by atoms with Gasteiger partial charge in [0.2, 0.25) is 0 Å². The second-order valence-corrected chi connectivity index (χ2v) is 5.35. The summed E-state index contributed by atoms with van der Waals surface area (Å²) in [4.78, 5) is 0. The molecular formula is C13H19ClFNO. The van der Waals surface area contributed by atoms with Crippen LogP contribution in [0.2, 0.25) is 0 Å². The molecule has 0 bridgehead atoms. The van der Waals surface area contributed by atoms with E-state index in [1.807, 2.05) is 13.0 Å². The topological polar surface area (TPSA) is 21.3 Å². The van der Waals surface area contributed by atoms with Crippen LogP contribution in [-0.2, 0) is 10.5 Å². The maximum absolute atomic E-state index is 13.2. The third-order valence-corrected chi connectivity index (χ3v) is 3.03. The Bertz CT molecular complexity index is 385. The highest BCUT2D eigenvalue weighted by atomic mass is 35.5. The Balaban J connectivity index is 0.00000144. The van der Waals surface area contributed by atoms with Crippen molar-refractivity contribution in [3.63, 3.8) is 0 Å². The third kappa shape index (κ3) is 3.18. The summed E-state index contributed by atoms with van der Waals surface area (Å²) >= 11 is 0. The van der Waals surface area contributed by atoms with Gasteiger partial charge in [0, 0.05) is 17.5 Å². The molecule has 1 aliphatic heterocycles. The van der Waals surface area contributed by atoms with Crippen molar-refractivity contribution >= 4 is 12.4 Å². The molecule has 1 aromatic rings. The van der Waals surface area contributed by atoms with E-state index in [2.05, 4.69) is 19.2 Å². The summed E-state index contributed by atoms with van der Waals surface area (Å²) in [5.74, 6) is -0.228. The van der Waals surface area contributed by atoms with E-state index >= 15 is 0 Å². The molecule has 0 aliphatic carbocycles. The van der Waals surface area contributed by atoms with Gasteiger partial charge in [-0.1, -0.05) is 26.0 Å². The molecule has 1 unspecified atom stereocenters. The Morgan fingerprint density at radius 1 is 1.29 bits per heavy atom. The first-order valence-corrected chi connectivity index (χ1v) is 5.56. The fraction of sp³-hybridized carbons (Fsp3) is 0.538. The van der Waals surface area contributed by atoms with Crippen LogP contribution in [0.15, 0.2) is 24.3 Å². The minimum Gasteiger partial charge on any atom is -0.356 e. The van der Waals surface area contributed by atoms with Gasteiger partial charge in [-0.25, -0.2) is 4.39 Å². The lowest BCUT2D eigenvalue weighted by molar-refractivity contribution is -0.131. The van der Waals surface area contributed by atoms with Crippen molar-refractivity contribution < 1.29 is 9.13 Å². The molecule has 0 saturated carbocycles. The van der Waals surface area contributed by atoms with Crippen molar-refractivity contribution in [3.05, 3.63) is 35.6 Å². The molecule has 2 rings (SSSR count). The molecule has 1 saturated heterocycles. The van der Waals surface area contributed by atoms with Gasteiger partial charge in [0.1, 0.15) is 11.5 Å². The first-order chi connectivity index (χ1) is 7.41. The second kappa shape index (κ2) is 4.92. The Hall–Kier alpha value is -0.640. The fourth-order valence-electron chi connectivity index (χ4n) is 1.82. The minimum absolute atomic E-state index is 0. The van der Waals surface area contributed by atoms with Gasteiger partial charge in [0.25, 0.3) is 0 Å². The van der Waals surface area contributed by atoms with Crippen LogP contribution < -0.4 is 5.32 Å². The molecule has 1 fully saturated rings. The van der Waals surface area contributed by atoms with Crippen LogP contribution in [0.1, 0.15) is 26.3 Å². The summed E-state index contributed by atoms with van der Waals surface area (Å²) in [5, 5.41) is 3.34. The summed E-state index contributed by atoms with van der Waals surface area (Å²) in [6, 6.07) is 6.56. The second-order valence-electron chi connectivity index (χ2n) is 5.35.